The normalized spacial score (nSPS) is 12.2. The number of hydrogen-bond donors (Lipinski definition) is 1. The lowest BCUT2D eigenvalue weighted by atomic mass is 10.2. The van der Waals surface area contributed by atoms with Gasteiger partial charge in [0.15, 0.2) is 0 Å². The van der Waals surface area contributed by atoms with Gasteiger partial charge < -0.3 is 5.32 Å². The third kappa shape index (κ3) is 3.54. The fourth-order valence-electron chi connectivity index (χ4n) is 1.70. The summed E-state index contributed by atoms with van der Waals surface area (Å²) in [5, 5.41) is 6.86. The zero-order chi connectivity index (χ0) is 13.8. The van der Waals surface area contributed by atoms with E-state index in [-0.39, 0.29) is 24.1 Å². The molecule has 2 rings (SSSR count). The van der Waals surface area contributed by atoms with Gasteiger partial charge in [-0.3, -0.25) is 9.48 Å². The third-order valence-corrected chi connectivity index (χ3v) is 2.90. The van der Waals surface area contributed by atoms with E-state index >= 15 is 0 Å². The van der Waals surface area contributed by atoms with Crippen molar-refractivity contribution in [3.63, 3.8) is 0 Å². The SMILES string of the molecule is C[C@H](CC(=O)Nc1ccc(Cl)cc1F)n1cccn1. The Morgan fingerprint density at radius 1 is 1.58 bits per heavy atom. The first kappa shape index (κ1) is 13.5. The van der Waals surface area contributed by atoms with E-state index in [0.29, 0.717) is 5.02 Å². The van der Waals surface area contributed by atoms with Crippen LogP contribution in [0.5, 0.6) is 0 Å². The van der Waals surface area contributed by atoms with E-state index in [4.69, 9.17) is 11.6 Å². The van der Waals surface area contributed by atoms with Crippen LogP contribution in [0.15, 0.2) is 36.7 Å². The fraction of sp³-hybridized carbons (Fsp3) is 0.231. The molecule has 1 atom stereocenters. The Kier molecular flexibility index (Phi) is 4.16. The molecule has 0 saturated carbocycles. The highest BCUT2D eigenvalue weighted by Gasteiger charge is 2.12. The minimum Gasteiger partial charge on any atom is -0.324 e. The van der Waals surface area contributed by atoms with Crippen molar-refractivity contribution in [3.8, 4) is 0 Å². The first-order valence-electron chi connectivity index (χ1n) is 5.80. The lowest BCUT2D eigenvalue weighted by Crippen LogP contribution is -2.18. The van der Waals surface area contributed by atoms with Crippen molar-refractivity contribution in [1.29, 1.82) is 0 Å². The molecule has 6 heteroatoms. The molecule has 100 valence electrons. The molecule has 0 bridgehead atoms. The topological polar surface area (TPSA) is 46.9 Å². The molecule has 0 aliphatic carbocycles. The summed E-state index contributed by atoms with van der Waals surface area (Å²) in [6.45, 7) is 1.87. The highest BCUT2D eigenvalue weighted by Crippen LogP contribution is 2.19. The van der Waals surface area contributed by atoms with Crippen LogP contribution in [0.1, 0.15) is 19.4 Å². The van der Waals surface area contributed by atoms with Crippen LogP contribution in [0.4, 0.5) is 10.1 Å². The first-order chi connectivity index (χ1) is 9.06. The van der Waals surface area contributed by atoms with Crippen LogP contribution in [-0.2, 0) is 4.79 Å². The molecule has 0 unspecified atom stereocenters. The highest BCUT2D eigenvalue weighted by molar-refractivity contribution is 6.30. The number of rotatable bonds is 4. The summed E-state index contributed by atoms with van der Waals surface area (Å²) in [6.07, 6.45) is 3.64. The lowest BCUT2D eigenvalue weighted by molar-refractivity contribution is -0.116. The van der Waals surface area contributed by atoms with E-state index in [9.17, 15) is 9.18 Å². The second kappa shape index (κ2) is 5.84. The van der Waals surface area contributed by atoms with Gasteiger partial charge in [-0.25, -0.2) is 4.39 Å². The average molecular weight is 282 g/mol. The predicted octanol–water partition coefficient (Wildman–Crippen LogP) is 3.27. The molecule has 0 fully saturated rings. The van der Waals surface area contributed by atoms with Gasteiger partial charge in [0.05, 0.1) is 11.7 Å². The highest BCUT2D eigenvalue weighted by atomic mass is 35.5. The minimum atomic E-state index is -0.549. The molecule has 0 radical (unpaired) electrons. The summed E-state index contributed by atoms with van der Waals surface area (Å²) in [5.74, 6) is -0.822. The summed E-state index contributed by atoms with van der Waals surface area (Å²) in [7, 11) is 0. The lowest BCUT2D eigenvalue weighted by Gasteiger charge is -2.12. The Balaban J connectivity index is 1.98. The number of hydrogen-bond acceptors (Lipinski definition) is 2. The second-order valence-electron chi connectivity index (χ2n) is 4.21. The standard InChI is InChI=1S/C13H13ClFN3O/c1-9(18-6-2-5-16-18)7-13(19)17-12-4-3-10(14)8-11(12)15/h2-6,8-9H,7H2,1H3,(H,17,19)/t9-/m1/s1. The molecule has 1 aromatic carbocycles. The number of nitrogens with zero attached hydrogens (tertiary/aromatic N) is 2. The summed E-state index contributed by atoms with van der Waals surface area (Å²) in [5.41, 5.74) is 0.127. The molecule has 2 aromatic rings. The molecule has 0 aliphatic heterocycles. The Labute approximate surface area is 115 Å². The van der Waals surface area contributed by atoms with E-state index in [1.165, 1.54) is 12.1 Å². The van der Waals surface area contributed by atoms with Gasteiger partial charge in [-0.05, 0) is 31.2 Å². The van der Waals surface area contributed by atoms with Gasteiger partial charge in [0.25, 0.3) is 0 Å². The van der Waals surface area contributed by atoms with Crippen LogP contribution in [-0.4, -0.2) is 15.7 Å². The smallest absolute Gasteiger partial charge is 0.226 e. The summed E-state index contributed by atoms with van der Waals surface area (Å²) >= 11 is 5.64. The van der Waals surface area contributed by atoms with Crippen molar-refractivity contribution in [2.45, 2.75) is 19.4 Å². The molecule has 1 heterocycles. The molecular formula is C13H13ClFN3O. The maximum atomic E-state index is 13.5. The molecule has 0 aliphatic rings. The van der Waals surface area contributed by atoms with Crippen molar-refractivity contribution < 1.29 is 9.18 Å². The summed E-state index contributed by atoms with van der Waals surface area (Å²) in [4.78, 5) is 11.8. The largest absolute Gasteiger partial charge is 0.324 e. The number of halogens is 2. The number of nitrogens with one attached hydrogen (secondary N) is 1. The predicted molar refractivity (Wildman–Crippen MR) is 71.6 cm³/mol. The van der Waals surface area contributed by atoms with Crippen LogP contribution < -0.4 is 5.32 Å². The zero-order valence-electron chi connectivity index (χ0n) is 10.3. The molecule has 19 heavy (non-hydrogen) atoms. The molecule has 0 saturated heterocycles. The van der Waals surface area contributed by atoms with Crippen molar-refractivity contribution in [2.75, 3.05) is 5.32 Å². The molecule has 1 aromatic heterocycles. The Morgan fingerprint density at radius 3 is 3.00 bits per heavy atom. The van der Waals surface area contributed by atoms with Gasteiger partial charge in [-0.15, -0.1) is 0 Å². The van der Waals surface area contributed by atoms with Gasteiger partial charge in [0, 0.05) is 23.8 Å². The van der Waals surface area contributed by atoms with Gasteiger partial charge in [-0.1, -0.05) is 11.6 Å². The Hall–Kier alpha value is -1.88. The minimum absolute atomic E-state index is 0.0923. The second-order valence-corrected chi connectivity index (χ2v) is 4.65. The van der Waals surface area contributed by atoms with Gasteiger partial charge in [0.2, 0.25) is 5.91 Å². The maximum Gasteiger partial charge on any atom is 0.226 e. The van der Waals surface area contributed by atoms with Crippen LogP contribution >= 0.6 is 11.6 Å². The van der Waals surface area contributed by atoms with Gasteiger partial charge in [-0.2, -0.15) is 5.10 Å². The summed E-state index contributed by atoms with van der Waals surface area (Å²) in [6, 6.07) is 5.82. The van der Waals surface area contributed by atoms with Crippen LogP contribution in [0.3, 0.4) is 0 Å². The third-order valence-electron chi connectivity index (χ3n) is 2.66. The number of benzene rings is 1. The number of anilines is 1. The van der Waals surface area contributed by atoms with E-state index < -0.39 is 5.82 Å². The molecule has 0 spiro atoms. The van der Waals surface area contributed by atoms with Gasteiger partial charge in [0.1, 0.15) is 5.82 Å². The van der Waals surface area contributed by atoms with Crippen LogP contribution in [0.25, 0.3) is 0 Å². The Morgan fingerprint density at radius 2 is 2.37 bits per heavy atom. The number of amides is 1. The Bertz CT molecular complexity index is 571. The van der Waals surface area contributed by atoms with Crippen molar-refractivity contribution >= 4 is 23.2 Å². The van der Waals surface area contributed by atoms with Crippen molar-refractivity contribution in [3.05, 3.63) is 47.5 Å². The van der Waals surface area contributed by atoms with Crippen LogP contribution in [0.2, 0.25) is 5.02 Å². The fourth-order valence-corrected chi connectivity index (χ4v) is 1.85. The molecule has 1 N–H and O–H groups in total. The van der Waals surface area contributed by atoms with Crippen LogP contribution in [0, 0.1) is 5.82 Å². The average Bonchev–Trinajstić information content (AvgIpc) is 2.86. The van der Waals surface area contributed by atoms with E-state index in [1.54, 1.807) is 23.1 Å². The van der Waals surface area contributed by atoms with Crippen molar-refractivity contribution in [1.82, 2.24) is 9.78 Å². The van der Waals surface area contributed by atoms with Gasteiger partial charge >= 0.3 is 0 Å². The van der Waals surface area contributed by atoms with E-state index in [1.807, 2.05) is 6.92 Å². The zero-order valence-corrected chi connectivity index (χ0v) is 11.1. The number of carbonyl (C=O) groups is 1. The number of carbonyl (C=O) groups excluding carboxylic acids is 1. The first-order valence-corrected chi connectivity index (χ1v) is 6.18. The quantitative estimate of drug-likeness (QED) is 0.935. The monoisotopic (exact) mass is 281 g/mol. The van der Waals surface area contributed by atoms with Crippen molar-refractivity contribution in [2.24, 2.45) is 0 Å². The maximum absolute atomic E-state index is 13.5. The summed E-state index contributed by atoms with van der Waals surface area (Å²) < 4.78 is 15.2. The molecule has 1 amide bonds. The van der Waals surface area contributed by atoms with E-state index in [2.05, 4.69) is 10.4 Å². The molecule has 4 nitrogen and oxygen atoms in total. The number of aromatic nitrogens is 2. The van der Waals surface area contributed by atoms with E-state index in [0.717, 1.165) is 6.07 Å². The molecular weight excluding hydrogens is 269 g/mol.